The first-order chi connectivity index (χ1) is 15.5. The lowest BCUT2D eigenvalue weighted by Crippen LogP contribution is -2.19. The highest BCUT2D eigenvalue weighted by Gasteiger charge is 2.10. The molecule has 0 aliphatic heterocycles. The fraction of sp³-hybridized carbons (Fsp3) is 0.130. The molecule has 0 saturated heterocycles. The number of amides is 2. The van der Waals surface area contributed by atoms with Gasteiger partial charge in [0.25, 0.3) is 0 Å². The van der Waals surface area contributed by atoms with Gasteiger partial charge in [-0.25, -0.2) is 14.8 Å². The smallest absolute Gasteiger partial charge is 0.323 e. The molecule has 4 aromatic rings. The topological polar surface area (TPSA) is 103 Å². The van der Waals surface area contributed by atoms with Gasteiger partial charge in [0.05, 0.1) is 12.8 Å². The highest BCUT2D eigenvalue weighted by Crippen LogP contribution is 2.25. The number of imidazole rings is 1. The van der Waals surface area contributed by atoms with E-state index in [1.807, 2.05) is 29.8 Å². The Hall–Kier alpha value is -4.40. The Labute approximate surface area is 185 Å². The van der Waals surface area contributed by atoms with Crippen LogP contribution in [0.5, 0.6) is 17.4 Å². The number of nitrogens with one attached hydrogen (secondary N) is 2. The SMILES string of the molecule is COc1ccccc1NC(=O)Nc1ccc(Oc2cc(-n3ccnc3C)nc(C)n2)cc1. The minimum atomic E-state index is -0.380. The average molecular weight is 430 g/mol. The molecule has 2 aromatic carbocycles. The molecule has 0 spiro atoms. The summed E-state index contributed by atoms with van der Waals surface area (Å²) in [5.74, 6) is 3.64. The fourth-order valence-electron chi connectivity index (χ4n) is 3.08. The first-order valence-electron chi connectivity index (χ1n) is 9.87. The molecule has 2 amide bonds. The van der Waals surface area contributed by atoms with Gasteiger partial charge in [-0.1, -0.05) is 12.1 Å². The molecular weight excluding hydrogens is 408 g/mol. The molecule has 0 radical (unpaired) electrons. The number of urea groups is 1. The second-order valence-electron chi connectivity index (χ2n) is 6.86. The zero-order valence-electron chi connectivity index (χ0n) is 17.9. The third-order valence-corrected chi connectivity index (χ3v) is 4.56. The van der Waals surface area contributed by atoms with Gasteiger partial charge in [0.2, 0.25) is 5.88 Å². The number of hydrogen-bond acceptors (Lipinski definition) is 6. The van der Waals surface area contributed by atoms with Gasteiger partial charge in [-0.3, -0.25) is 4.57 Å². The van der Waals surface area contributed by atoms with Gasteiger partial charge < -0.3 is 20.1 Å². The number of aryl methyl sites for hydroxylation is 2. The summed E-state index contributed by atoms with van der Waals surface area (Å²) >= 11 is 0. The van der Waals surface area contributed by atoms with Crippen LogP contribution in [0.1, 0.15) is 11.6 Å². The summed E-state index contributed by atoms with van der Waals surface area (Å²) in [4.78, 5) is 25.3. The van der Waals surface area contributed by atoms with E-state index in [1.54, 1.807) is 62.7 Å². The molecule has 0 bridgehead atoms. The van der Waals surface area contributed by atoms with E-state index >= 15 is 0 Å². The minimum Gasteiger partial charge on any atom is -0.495 e. The second-order valence-corrected chi connectivity index (χ2v) is 6.86. The normalized spacial score (nSPS) is 10.5. The number of ether oxygens (including phenoxy) is 2. The van der Waals surface area contributed by atoms with Crippen LogP contribution in [0, 0.1) is 13.8 Å². The van der Waals surface area contributed by atoms with Crippen LogP contribution in [0.25, 0.3) is 5.82 Å². The van der Waals surface area contributed by atoms with Crippen molar-refractivity contribution in [1.82, 2.24) is 19.5 Å². The number of nitrogens with zero attached hydrogens (tertiary/aromatic N) is 4. The van der Waals surface area contributed by atoms with Crippen LogP contribution < -0.4 is 20.1 Å². The Balaban J connectivity index is 1.43. The first-order valence-corrected chi connectivity index (χ1v) is 9.87. The van der Waals surface area contributed by atoms with Gasteiger partial charge in [0.1, 0.15) is 29.0 Å². The van der Waals surface area contributed by atoms with Crippen LogP contribution in [-0.2, 0) is 0 Å². The molecule has 162 valence electrons. The Morgan fingerprint density at radius 2 is 1.78 bits per heavy atom. The highest BCUT2D eigenvalue weighted by molar-refractivity contribution is 6.00. The van der Waals surface area contributed by atoms with Crippen LogP contribution >= 0.6 is 0 Å². The molecule has 0 aliphatic rings. The number of para-hydroxylation sites is 2. The molecule has 0 unspecified atom stereocenters. The van der Waals surface area contributed by atoms with Crippen LogP contribution in [0.4, 0.5) is 16.2 Å². The molecule has 4 rings (SSSR count). The predicted molar refractivity (Wildman–Crippen MR) is 121 cm³/mol. The lowest BCUT2D eigenvalue weighted by Gasteiger charge is -2.12. The van der Waals surface area contributed by atoms with Crippen molar-refractivity contribution in [2.45, 2.75) is 13.8 Å². The van der Waals surface area contributed by atoms with Gasteiger partial charge >= 0.3 is 6.03 Å². The summed E-state index contributed by atoms with van der Waals surface area (Å²) in [6, 6.07) is 15.5. The van der Waals surface area contributed by atoms with Crippen molar-refractivity contribution in [3.05, 3.63) is 78.6 Å². The number of hydrogen-bond donors (Lipinski definition) is 2. The summed E-state index contributed by atoms with van der Waals surface area (Å²) < 4.78 is 13.0. The Kier molecular flexibility index (Phi) is 5.98. The summed E-state index contributed by atoms with van der Waals surface area (Å²) in [6.45, 7) is 3.70. The van der Waals surface area contributed by atoms with Gasteiger partial charge in [0, 0.05) is 24.1 Å². The molecular formula is C23H22N6O3. The number of anilines is 2. The van der Waals surface area contributed by atoms with Gasteiger partial charge in [0.15, 0.2) is 0 Å². The van der Waals surface area contributed by atoms with Crippen LogP contribution in [0.2, 0.25) is 0 Å². The Bertz CT molecular complexity index is 1240. The van der Waals surface area contributed by atoms with Crippen molar-refractivity contribution >= 4 is 17.4 Å². The molecule has 0 fully saturated rings. The van der Waals surface area contributed by atoms with E-state index in [2.05, 4.69) is 25.6 Å². The first kappa shape index (κ1) is 20.9. The molecule has 32 heavy (non-hydrogen) atoms. The second kappa shape index (κ2) is 9.17. The molecule has 2 aromatic heterocycles. The third-order valence-electron chi connectivity index (χ3n) is 4.56. The minimum absolute atomic E-state index is 0.380. The molecule has 0 atom stereocenters. The molecule has 9 heteroatoms. The van der Waals surface area contributed by atoms with E-state index in [0.717, 1.165) is 5.82 Å². The van der Waals surface area contributed by atoms with E-state index in [-0.39, 0.29) is 6.03 Å². The molecule has 2 N–H and O–H groups in total. The van der Waals surface area contributed by atoms with Crippen LogP contribution in [0.15, 0.2) is 67.0 Å². The standard InChI is InChI=1S/C23H22N6O3/c1-15-25-21(29-13-12-24-16(29)2)14-22(26-15)32-18-10-8-17(9-11-18)27-23(30)28-19-6-4-5-7-20(19)31-3/h4-14H,1-3H3,(H2,27,28,30). The number of rotatable bonds is 6. The molecule has 2 heterocycles. The Morgan fingerprint density at radius 1 is 1.00 bits per heavy atom. The maximum Gasteiger partial charge on any atom is 0.323 e. The lowest BCUT2D eigenvalue weighted by molar-refractivity contribution is 0.262. The summed E-state index contributed by atoms with van der Waals surface area (Å²) in [6.07, 6.45) is 3.54. The quantitative estimate of drug-likeness (QED) is 0.459. The van der Waals surface area contributed by atoms with E-state index in [4.69, 9.17) is 9.47 Å². The van der Waals surface area contributed by atoms with Crippen molar-refractivity contribution < 1.29 is 14.3 Å². The van der Waals surface area contributed by atoms with E-state index in [1.165, 1.54) is 0 Å². The number of carbonyl (C=O) groups excluding carboxylic acids is 1. The number of aromatic nitrogens is 4. The zero-order chi connectivity index (χ0) is 22.5. The fourth-order valence-corrected chi connectivity index (χ4v) is 3.08. The monoisotopic (exact) mass is 430 g/mol. The van der Waals surface area contributed by atoms with Crippen molar-refractivity contribution in [1.29, 1.82) is 0 Å². The maximum absolute atomic E-state index is 12.3. The molecule has 0 aliphatic carbocycles. The number of benzene rings is 2. The van der Waals surface area contributed by atoms with Gasteiger partial charge in [-0.2, -0.15) is 4.98 Å². The van der Waals surface area contributed by atoms with Crippen molar-refractivity contribution in [2.75, 3.05) is 17.7 Å². The highest BCUT2D eigenvalue weighted by atomic mass is 16.5. The predicted octanol–water partition coefficient (Wildman–Crippen LogP) is 4.72. The van der Waals surface area contributed by atoms with Crippen molar-refractivity contribution in [2.24, 2.45) is 0 Å². The summed E-state index contributed by atoms with van der Waals surface area (Å²) in [5.41, 5.74) is 1.19. The third kappa shape index (κ3) is 4.84. The van der Waals surface area contributed by atoms with Crippen LogP contribution in [-0.4, -0.2) is 32.7 Å². The van der Waals surface area contributed by atoms with E-state index in [9.17, 15) is 4.79 Å². The summed E-state index contributed by atoms with van der Waals surface area (Å²) in [5, 5.41) is 5.54. The zero-order valence-corrected chi connectivity index (χ0v) is 17.9. The van der Waals surface area contributed by atoms with Crippen molar-refractivity contribution in [3.63, 3.8) is 0 Å². The van der Waals surface area contributed by atoms with Crippen LogP contribution in [0.3, 0.4) is 0 Å². The van der Waals surface area contributed by atoms with Gasteiger partial charge in [-0.05, 0) is 50.2 Å². The van der Waals surface area contributed by atoms with E-state index < -0.39 is 0 Å². The Morgan fingerprint density at radius 3 is 2.50 bits per heavy atom. The lowest BCUT2D eigenvalue weighted by atomic mass is 10.3. The average Bonchev–Trinajstić information content (AvgIpc) is 3.21. The largest absolute Gasteiger partial charge is 0.495 e. The van der Waals surface area contributed by atoms with Crippen molar-refractivity contribution in [3.8, 4) is 23.2 Å². The van der Waals surface area contributed by atoms with E-state index in [0.29, 0.717) is 40.4 Å². The molecule has 9 nitrogen and oxygen atoms in total. The maximum atomic E-state index is 12.3. The summed E-state index contributed by atoms with van der Waals surface area (Å²) in [7, 11) is 1.55. The number of methoxy groups -OCH3 is 1. The molecule has 0 saturated carbocycles. The van der Waals surface area contributed by atoms with Gasteiger partial charge in [-0.15, -0.1) is 0 Å². The number of carbonyl (C=O) groups is 1.